The van der Waals surface area contributed by atoms with E-state index in [1.54, 1.807) is 13.0 Å². The van der Waals surface area contributed by atoms with E-state index in [2.05, 4.69) is 0 Å². The molecule has 0 aliphatic heterocycles. The first-order chi connectivity index (χ1) is 8.72. The van der Waals surface area contributed by atoms with Gasteiger partial charge in [0.1, 0.15) is 18.2 Å². The maximum atomic E-state index is 13.9. The molecule has 0 atom stereocenters. The summed E-state index contributed by atoms with van der Waals surface area (Å²) in [5.74, 6) is 0.419. The predicted octanol–water partition coefficient (Wildman–Crippen LogP) is 4.44. The van der Waals surface area contributed by atoms with E-state index in [4.69, 9.17) is 4.74 Å². The van der Waals surface area contributed by atoms with Crippen LogP contribution in [-0.2, 0) is 6.61 Å². The molecule has 0 unspecified atom stereocenters. The molecule has 0 heterocycles. The van der Waals surface area contributed by atoms with Crippen LogP contribution < -0.4 is 4.74 Å². The van der Waals surface area contributed by atoms with Gasteiger partial charge >= 0.3 is 0 Å². The second-order valence-electron chi connectivity index (χ2n) is 4.00. The Kier molecular flexibility index (Phi) is 4.26. The van der Waals surface area contributed by atoms with Gasteiger partial charge in [0, 0.05) is 0 Å². The molecule has 1 nitrogen and oxygen atoms in total. The van der Waals surface area contributed by atoms with Crippen LogP contribution in [0.3, 0.4) is 0 Å². The molecule has 0 aliphatic rings. The smallest absolute Gasteiger partial charge is 0.143 e. The van der Waals surface area contributed by atoms with Crippen molar-refractivity contribution in [2.75, 3.05) is 6.26 Å². The van der Waals surface area contributed by atoms with E-state index >= 15 is 0 Å². The summed E-state index contributed by atoms with van der Waals surface area (Å²) in [5.41, 5.74) is 1.72. The minimum atomic E-state index is -0.187. The van der Waals surface area contributed by atoms with Crippen LogP contribution in [0.5, 0.6) is 5.75 Å². The number of benzene rings is 2. The Hall–Kier alpha value is -1.48. The summed E-state index contributed by atoms with van der Waals surface area (Å²) in [5, 5.41) is 0. The summed E-state index contributed by atoms with van der Waals surface area (Å²) in [6.07, 6.45) is 1.85. The topological polar surface area (TPSA) is 9.23 Å². The summed E-state index contributed by atoms with van der Waals surface area (Å²) in [6.45, 7) is 2.22. The van der Waals surface area contributed by atoms with Gasteiger partial charge in [0.25, 0.3) is 0 Å². The van der Waals surface area contributed by atoms with Crippen molar-refractivity contribution in [1.82, 2.24) is 0 Å². The molecule has 0 N–H and O–H groups in total. The second-order valence-corrected chi connectivity index (χ2v) is 4.82. The molecule has 0 fully saturated rings. The molecular formula is C15H15FOS. The Balaban J connectivity index is 2.17. The Morgan fingerprint density at radius 1 is 1.11 bits per heavy atom. The number of hydrogen-bond acceptors (Lipinski definition) is 2. The molecule has 0 saturated carbocycles. The molecule has 0 saturated heterocycles. The van der Waals surface area contributed by atoms with Gasteiger partial charge in [-0.1, -0.05) is 36.4 Å². The first kappa shape index (κ1) is 13.0. The lowest BCUT2D eigenvalue weighted by atomic mass is 10.2. The van der Waals surface area contributed by atoms with Gasteiger partial charge in [0.05, 0.1) is 4.90 Å². The van der Waals surface area contributed by atoms with Crippen LogP contribution in [0.4, 0.5) is 4.39 Å². The summed E-state index contributed by atoms with van der Waals surface area (Å²) in [7, 11) is 0. The van der Waals surface area contributed by atoms with E-state index in [0.29, 0.717) is 22.8 Å². The van der Waals surface area contributed by atoms with Crippen molar-refractivity contribution in [3.05, 3.63) is 59.4 Å². The van der Waals surface area contributed by atoms with Crippen molar-refractivity contribution >= 4 is 11.8 Å². The molecular weight excluding hydrogens is 247 g/mol. The van der Waals surface area contributed by atoms with E-state index in [-0.39, 0.29) is 5.82 Å². The molecule has 0 bridgehead atoms. The summed E-state index contributed by atoms with van der Waals surface area (Å²) in [6, 6.07) is 13.4. The monoisotopic (exact) mass is 262 g/mol. The van der Waals surface area contributed by atoms with Crippen LogP contribution in [0.15, 0.2) is 47.4 Å². The van der Waals surface area contributed by atoms with Gasteiger partial charge in [-0.25, -0.2) is 4.39 Å². The van der Waals surface area contributed by atoms with Crippen molar-refractivity contribution in [3.8, 4) is 5.75 Å². The molecule has 18 heavy (non-hydrogen) atoms. The van der Waals surface area contributed by atoms with Gasteiger partial charge in [0.2, 0.25) is 0 Å². The minimum absolute atomic E-state index is 0.187. The fourth-order valence-electron chi connectivity index (χ4n) is 1.68. The average Bonchev–Trinajstić information content (AvgIpc) is 2.41. The molecule has 0 spiro atoms. The van der Waals surface area contributed by atoms with Crippen LogP contribution >= 0.6 is 11.8 Å². The number of halogens is 1. The fraction of sp³-hybridized carbons (Fsp3) is 0.200. The average molecular weight is 262 g/mol. The Morgan fingerprint density at radius 2 is 1.83 bits per heavy atom. The summed E-state index contributed by atoms with van der Waals surface area (Å²) < 4.78 is 19.6. The van der Waals surface area contributed by atoms with Gasteiger partial charge < -0.3 is 4.74 Å². The van der Waals surface area contributed by atoms with Gasteiger partial charge in [-0.2, -0.15) is 0 Å². The highest BCUT2D eigenvalue weighted by Crippen LogP contribution is 2.32. The number of ether oxygens (including phenoxy) is 1. The highest BCUT2D eigenvalue weighted by Gasteiger charge is 2.11. The Bertz CT molecular complexity index is 526. The highest BCUT2D eigenvalue weighted by atomic mass is 32.2. The molecule has 2 rings (SSSR count). The van der Waals surface area contributed by atoms with Crippen LogP contribution in [0.25, 0.3) is 0 Å². The van der Waals surface area contributed by atoms with E-state index < -0.39 is 0 Å². The van der Waals surface area contributed by atoms with E-state index in [1.807, 2.05) is 42.7 Å². The lowest BCUT2D eigenvalue weighted by Gasteiger charge is -2.12. The third kappa shape index (κ3) is 2.85. The molecule has 2 aromatic carbocycles. The van der Waals surface area contributed by atoms with Crippen molar-refractivity contribution in [3.63, 3.8) is 0 Å². The number of aryl methyl sites for hydroxylation is 1. The standard InChI is InChI=1S/C15H15FOS/c1-11-8-9-13(15(18-2)14(11)16)17-10-12-6-4-3-5-7-12/h3-9H,10H2,1-2H3. The van der Waals surface area contributed by atoms with Crippen LogP contribution in [-0.4, -0.2) is 6.26 Å². The van der Waals surface area contributed by atoms with Crippen LogP contribution in [0.1, 0.15) is 11.1 Å². The number of hydrogen-bond donors (Lipinski definition) is 0. The SMILES string of the molecule is CSc1c(OCc2ccccc2)ccc(C)c1F. The zero-order chi connectivity index (χ0) is 13.0. The molecule has 0 amide bonds. The van der Waals surface area contributed by atoms with E-state index in [0.717, 1.165) is 5.56 Å². The lowest BCUT2D eigenvalue weighted by molar-refractivity contribution is 0.295. The molecule has 3 heteroatoms. The normalized spacial score (nSPS) is 10.4. The predicted molar refractivity (Wildman–Crippen MR) is 73.7 cm³/mol. The number of thioether (sulfide) groups is 1. The second kappa shape index (κ2) is 5.91. The maximum absolute atomic E-state index is 13.9. The lowest BCUT2D eigenvalue weighted by Crippen LogP contribution is -1.98. The quantitative estimate of drug-likeness (QED) is 0.754. The molecule has 0 aliphatic carbocycles. The zero-order valence-electron chi connectivity index (χ0n) is 10.4. The maximum Gasteiger partial charge on any atom is 0.143 e. The summed E-state index contributed by atoms with van der Waals surface area (Å²) in [4.78, 5) is 0.575. The van der Waals surface area contributed by atoms with Gasteiger partial charge in [-0.15, -0.1) is 11.8 Å². The van der Waals surface area contributed by atoms with Crippen molar-refractivity contribution < 1.29 is 9.13 Å². The van der Waals surface area contributed by atoms with E-state index in [9.17, 15) is 4.39 Å². The molecule has 0 aromatic heterocycles. The van der Waals surface area contributed by atoms with Crippen LogP contribution in [0, 0.1) is 12.7 Å². The third-order valence-corrected chi connectivity index (χ3v) is 3.48. The highest BCUT2D eigenvalue weighted by molar-refractivity contribution is 7.98. The Morgan fingerprint density at radius 3 is 2.50 bits per heavy atom. The molecule has 2 aromatic rings. The first-order valence-electron chi connectivity index (χ1n) is 5.72. The van der Waals surface area contributed by atoms with E-state index in [1.165, 1.54) is 11.8 Å². The minimum Gasteiger partial charge on any atom is -0.488 e. The van der Waals surface area contributed by atoms with Crippen LogP contribution in [0.2, 0.25) is 0 Å². The zero-order valence-corrected chi connectivity index (χ0v) is 11.3. The van der Waals surface area contributed by atoms with Gasteiger partial charge in [-0.05, 0) is 30.4 Å². The number of rotatable bonds is 4. The third-order valence-electron chi connectivity index (χ3n) is 2.70. The first-order valence-corrected chi connectivity index (χ1v) is 6.94. The molecule has 0 radical (unpaired) electrons. The van der Waals surface area contributed by atoms with Crippen molar-refractivity contribution in [2.24, 2.45) is 0 Å². The Labute approximate surface area is 111 Å². The molecule has 94 valence electrons. The largest absolute Gasteiger partial charge is 0.488 e. The summed E-state index contributed by atoms with van der Waals surface area (Å²) >= 11 is 1.37. The van der Waals surface area contributed by atoms with Crippen molar-refractivity contribution in [2.45, 2.75) is 18.4 Å². The van der Waals surface area contributed by atoms with Gasteiger partial charge in [-0.3, -0.25) is 0 Å². The van der Waals surface area contributed by atoms with Crippen molar-refractivity contribution in [1.29, 1.82) is 0 Å². The fourth-order valence-corrected chi connectivity index (χ4v) is 2.34. The van der Waals surface area contributed by atoms with Gasteiger partial charge in [0.15, 0.2) is 0 Å².